The molecule has 1 aliphatic rings. The van der Waals surface area contributed by atoms with Gasteiger partial charge in [-0.3, -0.25) is 0 Å². The highest BCUT2D eigenvalue weighted by Gasteiger charge is 2.44. The van der Waals surface area contributed by atoms with Crippen LogP contribution >= 0.6 is 34.8 Å². The Balaban J connectivity index is 1.60. The van der Waals surface area contributed by atoms with Crippen LogP contribution in [0.2, 0.25) is 15.1 Å². The monoisotopic (exact) mass is 475 g/mol. The standard InChI is InChI=1S/C25H24Cl3NO2/c26-21-9-7-20(8-10-21)25(31-17-18-4-2-1-3-5-18)12-13-29-15-24(25)30-16-19-6-11-22(27)23(28)14-19/h1-11,14,24,29H,12-13,15-17H2/t24-,25+/m0/s1. The lowest BCUT2D eigenvalue weighted by Crippen LogP contribution is -2.54. The van der Waals surface area contributed by atoms with E-state index in [0.717, 1.165) is 29.7 Å². The molecule has 3 nitrogen and oxygen atoms in total. The Bertz CT molecular complexity index is 997. The minimum absolute atomic E-state index is 0.194. The van der Waals surface area contributed by atoms with Gasteiger partial charge in [-0.15, -0.1) is 0 Å². The van der Waals surface area contributed by atoms with Gasteiger partial charge in [-0.25, -0.2) is 0 Å². The van der Waals surface area contributed by atoms with Crippen LogP contribution in [0.5, 0.6) is 0 Å². The number of halogens is 3. The Hall–Kier alpha value is -1.59. The molecule has 0 unspecified atom stereocenters. The first-order valence-corrected chi connectivity index (χ1v) is 11.4. The summed E-state index contributed by atoms with van der Waals surface area (Å²) in [5.41, 5.74) is 2.56. The van der Waals surface area contributed by atoms with Crippen LogP contribution in [0.15, 0.2) is 72.8 Å². The average Bonchev–Trinajstić information content (AvgIpc) is 2.80. The third-order valence-corrected chi connectivity index (χ3v) is 6.62. The molecule has 1 N–H and O–H groups in total. The smallest absolute Gasteiger partial charge is 0.122 e. The van der Waals surface area contributed by atoms with Crippen LogP contribution in [-0.2, 0) is 28.3 Å². The van der Waals surface area contributed by atoms with E-state index >= 15 is 0 Å². The summed E-state index contributed by atoms with van der Waals surface area (Å²) in [4.78, 5) is 0. The van der Waals surface area contributed by atoms with Gasteiger partial charge in [-0.05, 0) is 53.9 Å². The van der Waals surface area contributed by atoms with Gasteiger partial charge < -0.3 is 14.8 Å². The molecule has 3 aromatic rings. The Kier molecular flexibility index (Phi) is 7.55. The minimum Gasteiger partial charge on any atom is -0.369 e. The van der Waals surface area contributed by atoms with Crippen molar-refractivity contribution in [3.63, 3.8) is 0 Å². The molecule has 2 atom stereocenters. The summed E-state index contributed by atoms with van der Waals surface area (Å²) in [6.07, 6.45) is 0.591. The number of ether oxygens (including phenoxy) is 2. The normalized spacial score (nSPS) is 21.2. The maximum Gasteiger partial charge on any atom is 0.122 e. The molecular weight excluding hydrogens is 453 g/mol. The second-order valence-electron chi connectivity index (χ2n) is 7.67. The zero-order valence-corrected chi connectivity index (χ0v) is 19.3. The molecule has 0 saturated carbocycles. The number of benzene rings is 3. The molecule has 3 aromatic carbocycles. The van der Waals surface area contributed by atoms with E-state index in [1.807, 2.05) is 54.6 Å². The number of rotatable bonds is 7. The van der Waals surface area contributed by atoms with Gasteiger partial charge in [-0.1, -0.05) is 83.3 Å². The number of nitrogens with one attached hydrogen (secondary N) is 1. The van der Waals surface area contributed by atoms with Crippen molar-refractivity contribution in [1.82, 2.24) is 5.32 Å². The van der Waals surface area contributed by atoms with Crippen LogP contribution in [0.1, 0.15) is 23.1 Å². The van der Waals surface area contributed by atoms with Crippen molar-refractivity contribution in [2.24, 2.45) is 0 Å². The summed E-state index contributed by atoms with van der Waals surface area (Å²) in [6.45, 7) is 2.42. The van der Waals surface area contributed by atoms with Crippen LogP contribution in [0.25, 0.3) is 0 Å². The SMILES string of the molecule is Clc1ccc([C@]2(OCc3ccccc3)CCNC[C@@H]2OCc2ccc(Cl)c(Cl)c2)cc1. The first-order valence-electron chi connectivity index (χ1n) is 10.3. The summed E-state index contributed by atoms with van der Waals surface area (Å²) in [5, 5.41) is 5.20. The second-order valence-corrected chi connectivity index (χ2v) is 8.92. The third-order valence-electron chi connectivity index (χ3n) is 5.63. The average molecular weight is 477 g/mol. The first kappa shape index (κ1) is 22.6. The maximum absolute atomic E-state index is 6.67. The van der Waals surface area contributed by atoms with Crippen molar-refractivity contribution >= 4 is 34.8 Å². The van der Waals surface area contributed by atoms with Gasteiger partial charge in [0.1, 0.15) is 11.7 Å². The summed E-state index contributed by atoms with van der Waals surface area (Å²) in [6, 6.07) is 23.6. The van der Waals surface area contributed by atoms with E-state index in [9.17, 15) is 0 Å². The zero-order chi connectivity index (χ0) is 21.7. The van der Waals surface area contributed by atoms with Crippen LogP contribution < -0.4 is 5.32 Å². The highest BCUT2D eigenvalue weighted by atomic mass is 35.5. The van der Waals surface area contributed by atoms with Crippen molar-refractivity contribution in [2.45, 2.75) is 31.3 Å². The fourth-order valence-corrected chi connectivity index (χ4v) is 4.40. The van der Waals surface area contributed by atoms with Crippen LogP contribution in [0, 0.1) is 0 Å². The highest BCUT2D eigenvalue weighted by molar-refractivity contribution is 6.42. The predicted molar refractivity (Wildman–Crippen MR) is 127 cm³/mol. The van der Waals surface area contributed by atoms with Crippen molar-refractivity contribution < 1.29 is 9.47 Å². The van der Waals surface area contributed by atoms with Gasteiger partial charge >= 0.3 is 0 Å². The van der Waals surface area contributed by atoms with Gasteiger partial charge in [-0.2, -0.15) is 0 Å². The van der Waals surface area contributed by atoms with Crippen molar-refractivity contribution in [3.8, 4) is 0 Å². The van der Waals surface area contributed by atoms with E-state index in [1.54, 1.807) is 6.07 Å². The summed E-state index contributed by atoms with van der Waals surface area (Å²) < 4.78 is 13.1. The molecule has 0 aliphatic carbocycles. The lowest BCUT2D eigenvalue weighted by Gasteiger charge is -2.44. The molecule has 31 heavy (non-hydrogen) atoms. The molecule has 1 aliphatic heterocycles. The molecule has 6 heteroatoms. The minimum atomic E-state index is -0.595. The predicted octanol–water partition coefficient (Wildman–Crippen LogP) is 6.64. The quantitative estimate of drug-likeness (QED) is 0.415. The lowest BCUT2D eigenvalue weighted by atomic mass is 9.82. The van der Waals surface area contributed by atoms with E-state index in [4.69, 9.17) is 44.3 Å². The van der Waals surface area contributed by atoms with E-state index in [-0.39, 0.29) is 6.10 Å². The van der Waals surface area contributed by atoms with Gasteiger partial charge in [0.05, 0.1) is 23.3 Å². The molecule has 0 bridgehead atoms. The van der Waals surface area contributed by atoms with Gasteiger partial charge in [0, 0.05) is 11.6 Å². The van der Waals surface area contributed by atoms with Crippen molar-refractivity contribution in [1.29, 1.82) is 0 Å². The van der Waals surface area contributed by atoms with E-state index in [2.05, 4.69) is 17.4 Å². The lowest BCUT2D eigenvalue weighted by molar-refractivity contribution is -0.176. The van der Waals surface area contributed by atoms with E-state index in [1.165, 1.54) is 0 Å². The molecule has 162 valence electrons. The second kappa shape index (κ2) is 10.4. The first-order chi connectivity index (χ1) is 15.1. The van der Waals surface area contributed by atoms with Crippen molar-refractivity contribution in [3.05, 3.63) is 105 Å². The van der Waals surface area contributed by atoms with Gasteiger partial charge in [0.15, 0.2) is 0 Å². The number of hydrogen-bond donors (Lipinski definition) is 1. The van der Waals surface area contributed by atoms with E-state index in [0.29, 0.717) is 34.8 Å². The zero-order valence-electron chi connectivity index (χ0n) is 17.0. The molecule has 0 amide bonds. The molecule has 1 saturated heterocycles. The molecule has 1 fully saturated rings. The molecule has 0 spiro atoms. The Morgan fingerprint density at radius 2 is 1.61 bits per heavy atom. The highest BCUT2D eigenvalue weighted by Crippen LogP contribution is 2.39. The molecule has 0 aromatic heterocycles. The van der Waals surface area contributed by atoms with Crippen LogP contribution in [0.4, 0.5) is 0 Å². The fourth-order valence-electron chi connectivity index (χ4n) is 3.95. The summed E-state index contributed by atoms with van der Waals surface area (Å²) in [7, 11) is 0. The molecular formula is C25H24Cl3NO2. The van der Waals surface area contributed by atoms with Crippen LogP contribution in [0.3, 0.4) is 0 Å². The Labute approximate surface area is 198 Å². The molecule has 1 heterocycles. The van der Waals surface area contributed by atoms with Gasteiger partial charge in [0.2, 0.25) is 0 Å². The molecule has 0 radical (unpaired) electrons. The number of piperidine rings is 1. The van der Waals surface area contributed by atoms with Gasteiger partial charge in [0.25, 0.3) is 0 Å². The fraction of sp³-hybridized carbons (Fsp3) is 0.280. The number of hydrogen-bond acceptors (Lipinski definition) is 3. The Morgan fingerprint density at radius 1 is 0.839 bits per heavy atom. The topological polar surface area (TPSA) is 30.5 Å². The largest absolute Gasteiger partial charge is 0.369 e. The summed E-state index contributed by atoms with van der Waals surface area (Å²) in [5.74, 6) is 0. The summed E-state index contributed by atoms with van der Waals surface area (Å²) >= 11 is 18.4. The third kappa shape index (κ3) is 5.43. The maximum atomic E-state index is 6.67. The molecule has 4 rings (SSSR count). The van der Waals surface area contributed by atoms with Crippen LogP contribution in [-0.4, -0.2) is 19.2 Å². The van der Waals surface area contributed by atoms with E-state index < -0.39 is 5.60 Å². The Morgan fingerprint density at radius 3 is 2.35 bits per heavy atom. The van der Waals surface area contributed by atoms with Crippen molar-refractivity contribution in [2.75, 3.05) is 13.1 Å².